The smallest absolute Gasteiger partial charge is 0.153 e. The molecule has 1 saturated heterocycles. The molecule has 0 atom stereocenters. The molecule has 1 N–H and O–H groups in total. The number of aromatic nitrogens is 3. The molecule has 0 spiro atoms. The number of hydrogen-bond donors (Lipinski definition) is 1. The van der Waals surface area contributed by atoms with Gasteiger partial charge in [-0.2, -0.15) is 5.10 Å². The van der Waals surface area contributed by atoms with Crippen LogP contribution in [0.3, 0.4) is 0 Å². The highest BCUT2D eigenvalue weighted by Crippen LogP contribution is 2.23. The fourth-order valence-electron chi connectivity index (χ4n) is 1.77. The molecule has 4 heteroatoms. The molecule has 0 radical (unpaired) electrons. The van der Waals surface area contributed by atoms with Gasteiger partial charge in [-0.3, -0.25) is 5.10 Å². The molecular weight excluding hydrogens is 190 g/mol. The number of nitrogens with one attached hydrogen (secondary N) is 1. The van der Waals surface area contributed by atoms with Crippen molar-refractivity contribution in [2.45, 2.75) is 32.1 Å². The van der Waals surface area contributed by atoms with Crippen LogP contribution >= 0.6 is 0 Å². The van der Waals surface area contributed by atoms with Crippen molar-refractivity contribution >= 4 is 0 Å². The molecule has 0 unspecified atom stereocenters. The number of nitrogens with zero attached hydrogens (tertiary/aromatic N) is 2. The highest BCUT2D eigenvalue weighted by molar-refractivity contribution is 5.01. The lowest BCUT2D eigenvalue weighted by Gasteiger charge is -2.18. The van der Waals surface area contributed by atoms with Crippen LogP contribution in [0, 0.1) is 0 Å². The van der Waals surface area contributed by atoms with Gasteiger partial charge in [0, 0.05) is 25.6 Å². The van der Waals surface area contributed by atoms with Gasteiger partial charge in [0.05, 0.1) is 0 Å². The van der Waals surface area contributed by atoms with Crippen molar-refractivity contribution in [1.29, 1.82) is 0 Å². The van der Waals surface area contributed by atoms with E-state index in [2.05, 4.69) is 21.3 Å². The third-order valence-electron chi connectivity index (χ3n) is 2.68. The molecule has 0 saturated carbocycles. The van der Waals surface area contributed by atoms with E-state index in [4.69, 9.17) is 4.74 Å². The van der Waals surface area contributed by atoms with Gasteiger partial charge in [-0.15, -0.1) is 0 Å². The highest BCUT2D eigenvalue weighted by Gasteiger charge is 2.19. The molecule has 0 bridgehead atoms. The van der Waals surface area contributed by atoms with Gasteiger partial charge in [0.1, 0.15) is 5.82 Å². The van der Waals surface area contributed by atoms with E-state index < -0.39 is 0 Å². The molecule has 4 nitrogen and oxygen atoms in total. The van der Waals surface area contributed by atoms with Crippen molar-refractivity contribution in [1.82, 2.24) is 15.2 Å². The normalized spacial score (nSPS) is 18.7. The molecule has 15 heavy (non-hydrogen) atoms. The Morgan fingerprint density at radius 2 is 2.27 bits per heavy atom. The summed E-state index contributed by atoms with van der Waals surface area (Å²) in [6.45, 7) is 3.68. The predicted molar refractivity (Wildman–Crippen MR) is 57.7 cm³/mol. The molecule has 1 aliphatic rings. The average molecular weight is 207 g/mol. The number of H-pyrrole nitrogens is 1. The van der Waals surface area contributed by atoms with E-state index in [0.29, 0.717) is 5.92 Å². The zero-order valence-corrected chi connectivity index (χ0v) is 9.07. The van der Waals surface area contributed by atoms with Gasteiger partial charge in [-0.05, 0) is 19.8 Å². The van der Waals surface area contributed by atoms with Crippen molar-refractivity contribution in [3.63, 3.8) is 0 Å². The summed E-state index contributed by atoms with van der Waals surface area (Å²) in [5.74, 6) is 2.39. The lowest BCUT2D eigenvalue weighted by atomic mass is 10.00. The van der Waals surface area contributed by atoms with E-state index in [1.54, 1.807) is 0 Å². The van der Waals surface area contributed by atoms with E-state index >= 15 is 0 Å². The van der Waals surface area contributed by atoms with Crippen molar-refractivity contribution in [2.24, 2.45) is 0 Å². The Labute approximate surface area is 89.8 Å². The molecule has 1 fully saturated rings. The number of allylic oxidation sites excluding steroid dienone is 2. The summed E-state index contributed by atoms with van der Waals surface area (Å²) in [7, 11) is 0. The fraction of sp³-hybridized carbons (Fsp3) is 0.636. The monoisotopic (exact) mass is 207 g/mol. The maximum atomic E-state index is 5.32. The first kappa shape index (κ1) is 10.4. The quantitative estimate of drug-likeness (QED) is 0.769. The van der Waals surface area contributed by atoms with E-state index in [-0.39, 0.29) is 0 Å². The lowest BCUT2D eigenvalue weighted by Crippen LogP contribution is -2.15. The van der Waals surface area contributed by atoms with Crippen LogP contribution in [-0.2, 0) is 11.2 Å². The van der Waals surface area contributed by atoms with Crippen molar-refractivity contribution < 1.29 is 4.74 Å². The second kappa shape index (κ2) is 5.07. The van der Waals surface area contributed by atoms with Crippen LogP contribution in [0.15, 0.2) is 12.2 Å². The zero-order valence-electron chi connectivity index (χ0n) is 9.07. The average Bonchev–Trinajstić information content (AvgIpc) is 2.76. The Morgan fingerprint density at radius 3 is 3.00 bits per heavy atom. The van der Waals surface area contributed by atoms with Crippen molar-refractivity contribution in [3.8, 4) is 0 Å². The Kier molecular flexibility index (Phi) is 3.50. The van der Waals surface area contributed by atoms with Gasteiger partial charge in [0.15, 0.2) is 5.82 Å². The van der Waals surface area contributed by atoms with Gasteiger partial charge in [0.25, 0.3) is 0 Å². The first-order valence-corrected chi connectivity index (χ1v) is 5.50. The lowest BCUT2D eigenvalue weighted by molar-refractivity contribution is 0.0836. The van der Waals surface area contributed by atoms with Crippen LogP contribution in [0.2, 0.25) is 0 Å². The number of hydrogen-bond acceptors (Lipinski definition) is 3. The Bertz CT molecular complexity index is 326. The van der Waals surface area contributed by atoms with Gasteiger partial charge in [-0.1, -0.05) is 12.2 Å². The summed E-state index contributed by atoms with van der Waals surface area (Å²) in [5.41, 5.74) is 0. The fourth-order valence-corrected chi connectivity index (χ4v) is 1.77. The molecule has 1 aromatic rings. The molecule has 2 rings (SSSR count). The van der Waals surface area contributed by atoms with Crippen molar-refractivity contribution in [3.05, 3.63) is 23.8 Å². The minimum atomic E-state index is 0.481. The second-order valence-corrected chi connectivity index (χ2v) is 3.80. The minimum absolute atomic E-state index is 0.481. The standard InChI is InChI=1S/C11H17N3O/c1-2-3-4-10-12-11(14-13-10)9-5-7-15-8-6-9/h2-3,9H,4-8H2,1H3,(H,12,13,14). The molecule has 1 aliphatic heterocycles. The second-order valence-electron chi connectivity index (χ2n) is 3.80. The van der Waals surface area contributed by atoms with Crippen LogP contribution in [0.25, 0.3) is 0 Å². The maximum absolute atomic E-state index is 5.32. The zero-order chi connectivity index (χ0) is 10.5. The van der Waals surface area contributed by atoms with Crippen LogP contribution in [0.4, 0.5) is 0 Å². The van der Waals surface area contributed by atoms with Crippen LogP contribution < -0.4 is 0 Å². The summed E-state index contributed by atoms with van der Waals surface area (Å²) in [4.78, 5) is 4.50. The number of rotatable bonds is 3. The third kappa shape index (κ3) is 2.65. The summed E-state index contributed by atoms with van der Waals surface area (Å²) in [5, 5.41) is 7.25. The first-order chi connectivity index (χ1) is 7.40. The summed E-state index contributed by atoms with van der Waals surface area (Å²) in [6.07, 6.45) is 7.03. The maximum Gasteiger partial charge on any atom is 0.153 e. The van der Waals surface area contributed by atoms with E-state index in [1.807, 2.05) is 13.0 Å². The Balaban J connectivity index is 1.98. The van der Waals surface area contributed by atoms with Crippen LogP contribution in [0.5, 0.6) is 0 Å². The van der Waals surface area contributed by atoms with Gasteiger partial charge >= 0.3 is 0 Å². The van der Waals surface area contributed by atoms with Gasteiger partial charge < -0.3 is 4.74 Å². The van der Waals surface area contributed by atoms with Gasteiger partial charge in [0.2, 0.25) is 0 Å². The molecular formula is C11H17N3O. The Hall–Kier alpha value is -1.16. The molecule has 0 amide bonds. The number of aromatic amines is 1. The predicted octanol–water partition coefficient (Wildman–Crippen LogP) is 1.82. The minimum Gasteiger partial charge on any atom is -0.381 e. The van der Waals surface area contributed by atoms with E-state index in [9.17, 15) is 0 Å². The highest BCUT2D eigenvalue weighted by atomic mass is 16.5. The first-order valence-electron chi connectivity index (χ1n) is 5.50. The van der Waals surface area contributed by atoms with E-state index in [1.165, 1.54) is 0 Å². The largest absolute Gasteiger partial charge is 0.381 e. The Morgan fingerprint density at radius 1 is 1.47 bits per heavy atom. The molecule has 82 valence electrons. The van der Waals surface area contributed by atoms with Gasteiger partial charge in [-0.25, -0.2) is 4.98 Å². The number of ether oxygens (including phenoxy) is 1. The molecule has 0 aliphatic carbocycles. The van der Waals surface area contributed by atoms with E-state index in [0.717, 1.165) is 44.1 Å². The van der Waals surface area contributed by atoms with Crippen LogP contribution in [-0.4, -0.2) is 28.4 Å². The summed E-state index contributed by atoms with van der Waals surface area (Å²) in [6, 6.07) is 0. The molecule has 1 aromatic heterocycles. The summed E-state index contributed by atoms with van der Waals surface area (Å²) < 4.78 is 5.32. The summed E-state index contributed by atoms with van der Waals surface area (Å²) >= 11 is 0. The third-order valence-corrected chi connectivity index (χ3v) is 2.68. The topological polar surface area (TPSA) is 50.8 Å². The molecule has 2 heterocycles. The molecule has 0 aromatic carbocycles. The van der Waals surface area contributed by atoms with Crippen LogP contribution in [0.1, 0.15) is 37.3 Å². The SMILES string of the molecule is CC=CCc1nc(C2CCOCC2)n[nH]1. The van der Waals surface area contributed by atoms with Crippen molar-refractivity contribution in [2.75, 3.05) is 13.2 Å².